The molecule has 0 bridgehead atoms. The molecule has 1 aromatic rings. The first-order valence-electron chi connectivity index (χ1n) is 6.64. The lowest BCUT2D eigenvalue weighted by Crippen LogP contribution is -2.54. The van der Waals surface area contributed by atoms with E-state index in [2.05, 4.69) is 5.32 Å². The highest BCUT2D eigenvalue weighted by atomic mass is 35.5. The fourth-order valence-corrected chi connectivity index (χ4v) is 2.74. The number of rotatable bonds is 6. The molecule has 116 valence electrons. The van der Waals surface area contributed by atoms with Gasteiger partial charge in [-0.3, -0.25) is 4.79 Å². The van der Waals surface area contributed by atoms with Crippen LogP contribution in [0.5, 0.6) is 5.75 Å². The Morgan fingerprint density at radius 2 is 1.95 bits per heavy atom. The lowest BCUT2D eigenvalue weighted by Gasteiger charge is -2.29. The van der Waals surface area contributed by atoms with Crippen molar-refractivity contribution in [1.29, 1.82) is 0 Å². The number of carbonyl (C=O) groups excluding carboxylic acids is 1. The molecular weight excluding hydrogens is 335 g/mol. The standard InChI is InChI=1S/C14H17Cl3N2O2/c1-14(7-18,8-2-3-8)19-13(20)6-21-12-5-10(16)9(15)4-11(12)17/h4-5,8H,2-3,6-7,18H2,1H3,(H,19,20). The highest BCUT2D eigenvalue weighted by Crippen LogP contribution is 2.39. The lowest BCUT2D eigenvalue weighted by atomic mass is 9.96. The molecule has 3 N–H and O–H groups in total. The van der Waals surface area contributed by atoms with Crippen LogP contribution in [0, 0.1) is 5.92 Å². The van der Waals surface area contributed by atoms with Gasteiger partial charge in [0, 0.05) is 12.6 Å². The lowest BCUT2D eigenvalue weighted by molar-refractivity contribution is -0.125. The van der Waals surface area contributed by atoms with Gasteiger partial charge in [0.15, 0.2) is 6.61 Å². The second-order valence-corrected chi connectivity index (χ2v) is 6.65. The average Bonchev–Trinajstić information content (AvgIpc) is 3.26. The van der Waals surface area contributed by atoms with Crippen LogP contribution < -0.4 is 15.8 Å². The molecule has 0 spiro atoms. The molecule has 0 aliphatic heterocycles. The number of carbonyl (C=O) groups is 1. The van der Waals surface area contributed by atoms with Crippen LogP contribution in [-0.4, -0.2) is 24.6 Å². The second-order valence-electron chi connectivity index (χ2n) is 5.43. The molecule has 2 rings (SSSR count). The van der Waals surface area contributed by atoms with Gasteiger partial charge in [0.2, 0.25) is 0 Å². The zero-order valence-corrected chi connectivity index (χ0v) is 13.9. The summed E-state index contributed by atoms with van der Waals surface area (Å²) in [7, 11) is 0. The van der Waals surface area contributed by atoms with E-state index in [1.165, 1.54) is 12.1 Å². The van der Waals surface area contributed by atoms with Crippen LogP contribution in [-0.2, 0) is 4.79 Å². The third-order valence-corrected chi connectivity index (χ3v) is 4.68. The number of ether oxygens (including phenoxy) is 1. The summed E-state index contributed by atoms with van der Waals surface area (Å²) in [6.45, 7) is 2.20. The number of nitrogens with one attached hydrogen (secondary N) is 1. The van der Waals surface area contributed by atoms with Crippen LogP contribution in [0.2, 0.25) is 15.1 Å². The van der Waals surface area contributed by atoms with Gasteiger partial charge >= 0.3 is 0 Å². The van der Waals surface area contributed by atoms with Gasteiger partial charge in [0.25, 0.3) is 5.91 Å². The number of hydrogen-bond acceptors (Lipinski definition) is 3. The first-order valence-corrected chi connectivity index (χ1v) is 7.77. The van der Waals surface area contributed by atoms with E-state index in [9.17, 15) is 4.79 Å². The van der Waals surface area contributed by atoms with Gasteiger partial charge in [0.05, 0.1) is 20.6 Å². The third kappa shape index (κ3) is 4.16. The average molecular weight is 352 g/mol. The van der Waals surface area contributed by atoms with Crippen LogP contribution in [0.15, 0.2) is 12.1 Å². The molecule has 1 aliphatic carbocycles. The molecule has 1 atom stereocenters. The fraction of sp³-hybridized carbons (Fsp3) is 0.500. The van der Waals surface area contributed by atoms with E-state index in [-0.39, 0.29) is 18.1 Å². The quantitative estimate of drug-likeness (QED) is 0.773. The highest BCUT2D eigenvalue weighted by molar-refractivity contribution is 6.43. The SMILES string of the molecule is CC(CN)(NC(=O)COc1cc(Cl)c(Cl)cc1Cl)C1CC1. The summed E-state index contributed by atoms with van der Waals surface area (Å²) in [4.78, 5) is 12.0. The summed E-state index contributed by atoms with van der Waals surface area (Å²) in [6, 6.07) is 2.97. The molecule has 1 aliphatic rings. The van der Waals surface area contributed by atoms with E-state index in [4.69, 9.17) is 45.3 Å². The third-order valence-electron chi connectivity index (χ3n) is 3.66. The Morgan fingerprint density at radius 1 is 1.33 bits per heavy atom. The molecule has 4 nitrogen and oxygen atoms in total. The monoisotopic (exact) mass is 350 g/mol. The molecule has 21 heavy (non-hydrogen) atoms. The van der Waals surface area contributed by atoms with Gasteiger partial charge < -0.3 is 15.8 Å². The largest absolute Gasteiger partial charge is 0.482 e. The molecule has 1 aromatic carbocycles. The first-order chi connectivity index (χ1) is 9.85. The minimum absolute atomic E-state index is 0.153. The van der Waals surface area contributed by atoms with Gasteiger partial charge in [0.1, 0.15) is 5.75 Å². The van der Waals surface area contributed by atoms with Crippen LogP contribution in [0.25, 0.3) is 0 Å². The smallest absolute Gasteiger partial charge is 0.258 e. The number of amides is 1. The molecule has 1 fully saturated rings. The van der Waals surface area contributed by atoms with E-state index in [0.29, 0.717) is 33.3 Å². The van der Waals surface area contributed by atoms with E-state index in [0.717, 1.165) is 12.8 Å². The summed E-state index contributed by atoms with van der Waals surface area (Å²) in [5, 5.41) is 3.89. The summed E-state index contributed by atoms with van der Waals surface area (Å²) in [5.41, 5.74) is 5.38. The van der Waals surface area contributed by atoms with Crippen molar-refractivity contribution in [3.05, 3.63) is 27.2 Å². The normalized spacial score (nSPS) is 17.2. The fourth-order valence-electron chi connectivity index (χ4n) is 2.15. The maximum Gasteiger partial charge on any atom is 0.258 e. The van der Waals surface area contributed by atoms with Gasteiger partial charge in [-0.1, -0.05) is 34.8 Å². The Hall–Kier alpha value is -0.680. The molecule has 0 aromatic heterocycles. The second kappa shape index (κ2) is 6.61. The predicted molar refractivity (Wildman–Crippen MR) is 85.3 cm³/mol. The van der Waals surface area contributed by atoms with Crippen LogP contribution in [0.3, 0.4) is 0 Å². The van der Waals surface area contributed by atoms with Crippen molar-refractivity contribution < 1.29 is 9.53 Å². The van der Waals surface area contributed by atoms with Crippen molar-refractivity contribution in [2.45, 2.75) is 25.3 Å². The Bertz CT molecular complexity index is 549. The van der Waals surface area contributed by atoms with E-state index >= 15 is 0 Å². The Labute approximate surface area is 138 Å². The van der Waals surface area contributed by atoms with Gasteiger partial charge in [-0.25, -0.2) is 0 Å². The van der Waals surface area contributed by atoms with Gasteiger partial charge in [-0.05, 0) is 31.7 Å². The Kier molecular flexibility index (Phi) is 5.25. The molecule has 0 radical (unpaired) electrons. The summed E-state index contributed by atoms with van der Waals surface area (Å²) in [6.07, 6.45) is 2.18. The van der Waals surface area contributed by atoms with Crippen molar-refractivity contribution in [3.63, 3.8) is 0 Å². The summed E-state index contributed by atoms with van der Waals surface area (Å²) in [5.74, 6) is 0.527. The number of benzene rings is 1. The Balaban J connectivity index is 1.93. The number of nitrogens with two attached hydrogens (primary N) is 1. The Morgan fingerprint density at radius 3 is 2.52 bits per heavy atom. The van der Waals surface area contributed by atoms with E-state index in [1.807, 2.05) is 6.92 Å². The van der Waals surface area contributed by atoms with Crippen molar-refractivity contribution in [2.24, 2.45) is 11.7 Å². The van der Waals surface area contributed by atoms with Crippen molar-refractivity contribution in [1.82, 2.24) is 5.32 Å². The van der Waals surface area contributed by atoms with Crippen molar-refractivity contribution >= 4 is 40.7 Å². The zero-order chi connectivity index (χ0) is 15.6. The minimum atomic E-state index is -0.373. The molecular formula is C14H17Cl3N2O2. The van der Waals surface area contributed by atoms with Crippen LogP contribution in [0.4, 0.5) is 0 Å². The van der Waals surface area contributed by atoms with Gasteiger partial charge in [-0.2, -0.15) is 0 Å². The van der Waals surface area contributed by atoms with Crippen LogP contribution >= 0.6 is 34.8 Å². The minimum Gasteiger partial charge on any atom is -0.482 e. The highest BCUT2D eigenvalue weighted by Gasteiger charge is 2.41. The molecule has 0 saturated heterocycles. The number of halogens is 3. The van der Waals surface area contributed by atoms with E-state index < -0.39 is 0 Å². The maximum atomic E-state index is 12.0. The molecule has 1 amide bonds. The van der Waals surface area contributed by atoms with E-state index in [1.54, 1.807) is 0 Å². The van der Waals surface area contributed by atoms with Gasteiger partial charge in [-0.15, -0.1) is 0 Å². The zero-order valence-electron chi connectivity index (χ0n) is 11.6. The first kappa shape index (κ1) is 16.7. The summed E-state index contributed by atoms with van der Waals surface area (Å²) >= 11 is 17.7. The number of hydrogen-bond donors (Lipinski definition) is 2. The molecule has 1 saturated carbocycles. The van der Waals surface area contributed by atoms with Crippen molar-refractivity contribution in [2.75, 3.05) is 13.2 Å². The molecule has 1 unspecified atom stereocenters. The topological polar surface area (TPSA) is 64.3 Å². The molecule has 7 heteroatoms. The van der Waals surface area contributed by atoms with Crippen LogP contribution in [0.1, 0.15) is 19.8 Å². The van der Waals surface area contributed by atoms with Crippen molar-refractivity contribution in [3.8, 4) is 5.75 Å². The summed E-state index contributed by atoms with van der Waals surface area (Å²) < 4.78 is 5.40. The molecule has 0 heterocycles. The maximum absolute atomic E-state index is 12.0. The predicted octanol–water partition coefficient (Wildman–Crippen LogP) is 3.27.